The summed E-state index contributed by atoms with van der Waals surface area (Å²) in [6, 6.07) is 16.9. The Morgan fingerprint density at radius 3 is 1.59 bits per heavy atom. The van der Waals surface area contributed by atoms with Crippen molar-refractivity contribution in [2.24, 2.45) is 11.8 Å². The van der Waals surface area contributed by atoms with Crippen LogP contribution in [0.4, 0.5) is 32.3 Å². The minimum atomic E-state index is -0.677. The Labute approximate surface area is 292 Å². The van der Waals surface area contributed by atoms with Crippen LogP contribution < -0.4 is 16.0 Å². The lowest BCUT2D eigenvalue weighted by molar-refractivity contribution is -0.384. The lowest BCUT2D eigenvalue weighted by Gasteiger charge is -2.35. The average Bonchev–Trinajstić information content (AvgIpc) is 3.74. The fraction of sp³-hybridized carbons (Fsp3) is 0.333. The molecule has 0 radical (unpaired) electrons. The van der Waals surface area contributed by atoms with E-state index in [0.717, 1.165) is 47.1 Å². The highest BCUT2D eigenvalue weighted by molar-refractivity contribution is 7.13. The van der Waals surface area contributed by atoms with E-state index in [1.807, 2.05) is 42.1 Å². The summed E-state index contributed by atoms with van der Waals surface area (Å²) in [6.07, 6.45) is -1.35. The maximum Gasteiger partial charge on any atom is 0.411 e. The number of carbonyl (C=O) groups excluding carboxylic acids is 2. The van der Waals surface area contributed by atoms with Gasteiger partial charge in [0, 0.05) is 59.9 Å². The van der Waals surface area contributed by atoms with Gasteiger partial charge in [0.2, 0.25) is 0 Å². The van der Waals surface area contributed by atoms with Crippen LogP contribution in [-0.4, -0.2) is 73.4 Å². The van der Waals surface area contributed by atoms with Crippen LogP contribution in [0.1, 0.15) is 14.9 Å². The highest BCUT2D eigenvalue weighted by atomic mass is 32.1. The molecule has 3 N–H and O–H groups in total. The predicted molar refractivity (Wildman–Crippen MR) is 194 cm³/mol. The first kappa shape index (κ1) is 38.5. The molecule has 2 aliphatic rings. The lowest BCUT2D eigenvalue weighted by atomic mass is 10.0. The third-order valence-corrected chi connectivity index (χ3v) is 9.22. The second kappa shape index (κ2) is 18.0. The number of likely N-dealkylation sites (tertiary alicyclic amines) is 1. The summed E-state index contributed by atoms with van der Waals surface area (Å²) in [5.41, 5.74) is 1.58. The minimum absolute atomic E-state index is 0. The largest absolute Gasteiger partial charge is 0.449 e. The van der Waals surface area contributed by atoms with E-state index in [9.17, 15) is 29.8 Å². The number of nitrogens with zero attached hydrogens (tertiary/aromatic N) is 3. The molecular formula is C33H40N6O8S2. The smallest absolute Gasteiger partial charge is 0.411 e. The quantitative estimate of drug-likeness (QED) is 0.109. The van der Waals surface area contributed by atoms with Gasteiger partial charge in [-0.25, -0.2) is 9.59 Å². The van der Waals surface area contributed by atoms with Gasteiger partial charge in [0.1, 0.15) is 11.4 Å². The molecule has 2 amide bonds. The van der Waals surface area contributed by atoms with Crippen LogP contribution in [-0.2, 0) is 9.47 Å². The average molecular weight is 713 g/mol. The molecule has 2 saturated heterocycles. The molecule has 6 rings (SSSR count). The zero-order valence-electron chi connectivity index (χ0n) is 25.2. The van der Waals surface area contributed by atoms with Crippen LogP contribution in [0.15, 0.2) is 71.4 Å². The number of amides is 2. The summed E-state index contributed by atoms with van der Waals surface area (Å²) >= 11 is 3.05. The Balaban J connectivity index is 0.000000255. The topological polar surface area (TPSA) is 178 Å². The SMILES string of the molecule is C.C.CN1CC(COC(=O)Nc2cc(-c3cccs3)ccc2[N+](=O)[O-])C1.O=C(Nc1cc(-c2cccs2)ccc1[N+](=O)[O-])OCC1CNC1. The molecule has 14 nitrogen and oxygen atoms in total. The normalized spacial score (nSPS) is 13.9. The van der Waals surface area contributed by atoms with Gasteiger partial charge >= 0.3 is 12.2 Å². The van der Waals surface area contributed by atoms with Crippen LogP contribution in [0.5, 0.6) is 0 Å². The van der Waals surface area contributed by atoms with Crippen LogP contribution in [0.3, 0.4) is 0 Å². The number of thiophene rings is 2. The monoisotopic (exact) mass is 712 g/mol. The third-order valence-electron chi connectivity index (χ3n) is 7.38. The van der Waals surface area contributed by atoms with Gasteiger partial charge in [0.05, 0.1) is 23.1 Å². The number of nitrogens with one attached hydrogen (secondary N) is 3. The summed E-state index contributed by atoms with van der Waals surface area (Å²) in [7, 11) is 2.00. The molecule has 0 unspecified atom stereocenters. The lowest BCUT2D eigenvalue weighted by Crippen LogP contribution is -2.46. The maximum absolute atomic E-state index is 11.9. The molecule has 0 aliphatic carbocycles. The number of anilines is 2. The maximum atomic E-state index is 11.9. The van der Waals surface area contributed by atoms with Crippen molar-refractivity contribution in [1.29, 1.82) is 0 Å². The molecule has 4 aromatic rings. The van der Waals surface area contributed by atoms with Crippen LogP contribution in [0.25, 0.3) is 20.9 Å². The van der Waals surface area contributed by atoms with Gasteiger partial charge in [-0.2, -0.15) is 0 Å². The van der Waals surface area contributed by atoms with Crippen molar-refractivity contribution in [3.05, 3.63) is 91.7 Å². The Bertz CT molecular complexity index is 1710. The number of hydrogen-bond acceptors (Lipinski definition) is 12. The molecule has 16 heteroatoms. The Morgan fingerprint density at radius 1 is 0.796 bits per heavy atom. The summed E-state index contributed by atoms with van der Waals surface area (Å²) in [6.45, 7) is 4.04. The first-order valence-electron chi connectivity index (χ1n) is 14.6. The van der Waals surface area contributed by atoms with E-state index in [0.29, 0.717) is 25.0 Å². The van der Waals surface area contributed by atoms with Gasteiger partial charge in [-0.1, -0.05) is 27.0 Å². The molecule has 4 heterocycles. The fourth-order valence-electron chi connectivity index (χ4n) is 4.86. The van der Waals surface area contributed by atoms with Crippen molar-refractivity contribution in [2.45, 2.75) is 14.9 Å². The number of ether oxygens (including phenoxy) is 2. The van der Waals surface area contributed by atoms with Crippen LogP contribution in [0, 0.1) is 32.1 Å². The molecule has 2 aromatic carbocycles. The van der Waals surface area contributed by atoms with Crippen LogP contribution >= 0.6 is 22.7 Å². The van der Waals surface area contributed by atoms with Gasteiger partial charge in [-0.05, 0) is 65.3 Å². The number of carbonyl (C=O) groups is 2. The molecular weight excluding hydrogens is 673 g/mol. The molecule has 2 aliphatic heterocycles. The standard InChI is InChI=1S/C16H17N3O4S.C15H15N3O4S.2CH4/c1-18-8-11(9-18)10-23-16(20)17-13-7-12(15-3-2-6-24-15)4-5-14(13)19(21)22;19-15(22-9-10-7-16-8-10)17-12-6-11(14-2-1-5-23-14)3-4-13(12)18(20)21;;/h2-7,11H,8-10H2,1H3,(H,17,20);1-6,10,16H,7-9H2,(H,17,19);2*1H4. The van der Waals surface area contributed by atoms with Gasteiger partial charge < -0.3 is 19.7 Å². The Hall–Kier alpha value is -4.90. The molecule has 0 spiro atoms. The summed E-state index contributed by atoms with van der Waals surface area (Å²) in [5, 5.41) is 34.2. The van der Waals surface area contributed by atoms with E-state index in [4.69, 9.17) is 9.47 Å². The van der Waals surface area contributed by atoms with Crippen molar-refractivity contribution in [1.82, 2.24) is 10.2 Å². The molecule has 2 aromatic heterocycles. The molecule has 262 valence electrons. The number of hydrogen-bond donors (Lipinski definition) is 3. The zero-order valence-corrected chi connectivity index (χ0v) is 26.9. The predicted octanol–water partition coefficient (Wildman–Crippen LogP) is 7.80. The van der Waals surface area contributed by atoms with E-state index in [1.165, 1.54) is 34.8 Å². The highest BCUT2D eigenvalue weighted by Crippen LogP contribution is 2.34. The van der Waals surface area contributed by atoms with Crippen LogP contribution in [0.2, 0.25) is 0 Å². The van der Waals surface area contributed by atoms with Gasteiger partial charge in [0.15, 0.2) is 0 Å². The highest BCUT2D eigenvalue weighted by Gasteiger charge is 2.25. The van der Waals surface area contributed by atoms with Gasteiger partial charge in [-0.15, -0.1) is 22.7 Å². The molecule has 0 bridgehead atoms. The first-order valence-corrected chi connectivity index (χ1v) is 16.3. The van der Waals surface area contributed by atoms with E-state index >= 15 is 0 Å². The summed E-state index contributed by atoms with van der Waals surface area (Å²) in [5.74, 6) is 0.640. The number of nitro groups is 2. The number of benzene rings is 2. The van der Waals surface area contributed by atoms with Gasteiger partial charge in [0.25, 0.3) is 11.4 Å². The molecule has 2 fully saturated rings. The van der Waals surface area contributed by atoms with E-state index in [1.54, 1.807) is 24.3 Å². The second-order valence-electron chi connectivity index (χ2n) is 11.0. The van der Waals surface area contributed by atoms with E-state index < -0.39 is 22.0 Å². The first-order chi connectivity index (χ1) is 22.7. The Kier molecular flexibility index (Phi) is 14.2. The Morgan fingerprint density at radius 2 is 1.24 bits per heavy atom. The molecule has 0 atom stereocenters. The van der Waals surface area contributed by atoms with Crippen molar-refractivity contribution in [3.63, 3.8) is 0 Å². The molecule has 49 heavy (non-hydrogen) atoms. The van der Waals surface area contributed by atoms with E-state index in [-0.39, 0.29) is 37.6 Å². The van der Waals surface area contributed by atoms with Gasteiger partial charge in [-0.3, -0.25) is 30.9 Å². The van der Waals surface area contributed by atoms with Crippen molar-refractivity contribution in [2.75, 3.05) is 57.1 Å². The summed E-state index contributed by atoms with van der Waals surface area (Å²) in [4.78, 5) is 49.1. The third kappa shape index (κ3) is 10.5. The number of rotatable bonds is 10. The zero-order chi connectivity index (χ0) is 33.3. The van der Waals surface area contributed by atoms with Crippen molar-refractivity contribution >= 4 is 57.6 Å². The molecule has 0 saturated carbocycles. The van der Waals surface area contributed by atoms with E-state index in [2.05, 4.69) is 20.9 Å². The summed E-state index contributed by atoms with van der Waals surface area (Å²) < 4.78 is 10.3. The van der Waals surface area contributed by atoms with Crippen molar-refractivity contribution in [3.8, 4) is 20.9 Å². The van der Waals surface area contributed by atoms with Crippen molar-refractivity contribution < 1.29 is 28.9 Å². The fourth-order valence-corrected chi connectivity index (χ4v) is 6.31. The minimum Gasteiger partial charge on any atom is -0.449 e. The number of nitro benzene ring substituents is 2. The second-order valence-corrected chi connectivity index (χ2v) is 12.9.